The Hall–Kier alpha value is -1.88. The minimum absolute atomic E-state index is 0.596. The van der Waals surface area contributed by atoms with E-state index in [0.29, 0.717) is 5.71 Å². The molecule has 0 spiro atoms. The van der Waals surface area contributed by atoms with Gasteiger partial charge in [-0.3, -0.25) is 0 Å². The highest BCUT2D eigenvalue weighted by atomic mass is 32.1. The summed E-state index contributed by atoms with van der Waals surface area (Å²) in [5, 5.41) is 14.0. The second-order valence-corrected chi connectivity index (χ2v) is 4.43. The summed E-state index contributed by atoms with van der Waals surface area (Å²) >= 11 is 1.61. The van der Waals surface area contributed by atoms with E-state index in [2.05, 4.69) is 14.5 Å². The van der Waals surface area contributed by atoms with Crippen molar-refractivity contribution in [3.05, 3.63) is 35.5 Å². The lowest BCUT2D eigenvalue weighted by Gasteiger charge is -1.99. The van der Waals surface area contributed by atoms with Crippen LogP contribution in [0.1, 0.15) is 12.5 Å². The van der Waals surface area contributed by atoms with E-state index in [4.69, 9.17) is 5.21 Å². The van der Waals surface area contributed by atoms with Crippen LogP contribution in [0, 0.1) is 0 Å². The standard InChI is InChI=1S/C11H9N3OS/c1-7(13-15)8-2-4-14-9-3-5-16-11(9)12-6-10(8)14/h2-6,15H,1H3/b13-7+. The molecular weight excluding hydrogens is 222 g/mol. The average Bonchev–Trinajstić information content (AvgIpc) is 2.92. The molecule has 1 N–H and O–H groups in total. The van der Waals surface area contributed by atoms with Crippen molar-refractivity contribution in [1.29, 1.82) is 0 Å². The van der Waals surface area contributed by atoms with Gasteiger partial charge in [0.1, 0.15) is 4.83 Å². The SMILES string of the molecule is C/C(=N\O)c1ccn2c1cnc1sccc12. The number of hydrogen-bond acceptors (Lipinski definition) is 4. The lowest BCUT2D eigenvalue weighted by molar-refractivity contribution is 0.319. The minimum atomic E-state index is 0.596. The predicted octanol–water partition coefficient (Wildman–Crippen LogP) is 2.75. The molecule has 16 heavy (non-hydrogen) atoms. The molecule has 0 radical (unpaired) electrons. The van der Waals surface area contributed by atoms with Gasteiger partial charge in [0.25, 0.3) is 0 Å². The van der Waals surface area contributed by atoms with Crippen LogP contribution in [0.5, 0.6) is 0 Å². The first kappa shape index (κ1) is 9.35. The van der Waals surface area contributed by atoms with Crippen molar-refractivity contribution in [2.24, 2.45) is 5.16 Å². The van der Waals surface area contributed by atoms with Gasteiger partial charge in [0.05, 0.1) is 22.9 Å². The molecule has 80 valence electrons. The zero-order valence-electron chi connectivity index (χ0n) is 8.58. The van der Waals surface area contributed by atoms with Gasteiger partial charge in [-0.2, -0.15) is 0 Å². The zero-order chi connectivity index (χ0) is 11.1. The molecule has 5 heteroatoms. The summed E-state index contributed by atoms with van der Waals surface area (Å²) in [6.45, 7) is 1.77. The maximum Gasteiger partial charge on any atom is 0.140 e. The Morgan fingerprint density at radius 3 is 3.12 bits per heavy atom. The lowest BCUT2D eigenvalue weighted by atomic mass is 10.2. The van der Waals surface area contributed by atoms with Gasteiger partial charge in [-0.25, -0.2) is 4.98 Å². The average molecular weight is 231 g/mol. The predicted molar refractivity (Wildman–Crippen MR) is 64.6 cm³/mol. The molecule has 0 saturated carbocycles. The van der Waals surface area contributed by atoms with Crippen LogP contribution in [-0.4, -0.2) is 20.3 Å². The Bertz CT molecular complexity index is 695. The van der Waals surface area contributed by atoms with Crippen LogP contribution in [-0.2, 0) is 0 Å². The molecule has 0 saturated heterocycles. The highest BCUT2D eigenvalue weighted by Crippen LogP contribution is 2.22. The summed E-state index contributed by atoms with van der Waals surface area (Å²) in [6.07, 6.45) is 3.78. The van der Waals surface area contributed by atoms with Crippen molar-refractivity contribution >= 4 is 32.9 Å². The molecular formula is C11H9N3OS. The molecule has 0 aliphatic carbocycles. The van der Waals surface area contributed by atoms with Crippen LogP contribution in [0.3, 0.4) is 0 Å². The largest absolute Gasteiger partial charge is 0.411 e. The van der Waals surface area contributed by atoms with Gasteiger partial charge in [-0.1, -0.05) is 5.16 Å². The Kier molecular flexibility index (Phi) is 1.94. The van der Waals surface area contributed by atoms with Gasteiger partial charge in [0.2, 0.25) is 0 Å². The van der Waals surface area contributed by atoms with Gasteiger partial charge in [-0.15, -0.1) is 11.3 Å². The summed E-state index contributed by atoms with van der Waals surface area (Å²) in [5.41, 5.74) is 3.54. The van der Waals surface area contributed by atoms with Crippen molar-refractivity contribution in [3.8, 4) is 0 Å². The highest BCUT2D eigenvalue weighted by Gasteiger charge is 2.09. The third-order valence-corrected chi connectivity index (χ3v) is 3.46. The summed E-state index contributed by atoms with van der Waals surface area (Å²) in [6, 6.07) is 3.97. The topological polar surface area (TPSA) is 49.9 Å². The highest BCUT2D eigenvalue weighted by molar-refractivity contribution is 7.16. The van der Waals surface area contributed by atoms with Gasteiger partial charge >= 0.3 is 0 Å². The van der Waals surface area contributed by atoms with Crippen LogP contribution < -0.4 is 0 Å². The Morgan fingerprint density at radius 2 is 2.31 bits per heavy atom. The minimum Gasteiger partial charge on any atom is -0.411 e. The van der Waals surface area contributed by atoms with Crippen LogP contribution in [0.25, 0.3) is 15.9 Å². The van der Waals surface area contributed by atoms with Crippen LogP contribution >= 0.6 is 11.3 Å². The van der Waals surface area contributed by atoms with Crippen LogP contribution in [0.4, 0.5) is 0 Å². The number of hydrogen-bond donors (Lipinski definition) is 1. The second kappa shape index (κ2) is 3.31. The van der Waals surface area contributed by atoms with E-state index in [1.807, 2.05) is 29.9 Å². The molecule has 3 aromatic rings. The van der Waals surface area contributed by atoms with Gasteiger partial charge in [0.15, 0.2) is 0 Å². The van der Waals surface area contributed by atoms with Crippen molar-refractivity contribution < 1.29 is 5.21 Å². The van der Waals surface area contributed by atoms with E-state index >= 15 is 0 Å². The maximum atomic E-state index is 8.80. The Morgan fingerprint density at radius 1 is 1.44 bits per heavy atom. The molecule has 0 bridgehead atoms. The van der Waals surface area contributed by atoms with Crippen molar-refractivity contribution in [2.45, 2.75) is 6.92 Å². The fraction of sp³-hybridized carbons (Fsp3) is 0.0909. The first-order valence-corrected chi connectivity index (χ1v) is 5.71. The van der Waals surface area contributed by atoms with E-state index in [-0.39, 0.29) is 0 Å². The van der Waals surface area contributed by atoms with Gasteiger partial charge in [-0.05, 0) is 24.4 Å². The number of fused-ring (bicyclic) bond motifs is 3. The summed E-state index contributed by atoms with van der Waals surface area (Å²) in [7, 11) is 0. The molecule has 0 amide bonds. The summed E-state index contributed by atoms with van der Waals surface area (Å²) < 4.78 is 2.06. The van der Waals surface area contributed by atoms with Crippen LogP contribution in [0.15, 0.2) is 35.1 Å². The molecule has 0 aromatic carbocycles. The number of oxime groups is 1. The second-order valence-electron chi connectivity index (χ2n) is 3.54. The molecule has 0 aliphatic heterocycles. The van der Waals surface area contributed by atoms with Gasteiger partial charge in [0, 0.05) is 11.8 Å². The number of nitrogens with zero attached hydrogens (tertiary/aromatic N) is 3. The molecule has 0 fully saturated rings. The molecule has 0 unspecified atom stereocenters. The van der Waals surface area contributed by atoms with Crippen molar-refractivity contribution in [1.82, 2.24) is 9.38 Å². The number of aromatic nitrogens is 2. The van der Waals surface area contributed by atoms with E-state index in [0.717, 1.165) is 21.4 Å². The summed E-state index contributed by atoms with van der Waals surface area (Å²) in [4.78, 5) is 5.39. The van der Waals surface area contributed by atoms with Crippen LogP contribution in [0.2, 0.25) is 0 Å². The molecule has 3 heterocycles. The first-order chi connectivity index (χ1) is 7.81. The zero-order valence-corrected chi connectivity index (χ0v) is 9.40. The van der Waals surface area contributed by atoms with E-state index in [9.17, 15) is 0 Å². The smallest absolute Gasteiger partial charge is 0.140 e. The molecule has 3 aromatic heterocycles. The van der Waals surface area contributed by atoms with E-state index in [1.54, 1.807) is 18.3 Å². The fourth-order valence-electron chi connectivity index (χ4n) is 1.84. The van der Waals surface area contributed by atoms with Crippen molar-refractivity contribution in [3.63, 3.8) is 0 Å². The normalized spacial score (nSPS) is 12.7. The molecule has 0 atom stereocenters. The molecule has 4 nitrogen and oxygen atoms in total. The molecule has 3 rings (SSSR count). The third-order valence-electron chi connectivity index (χ3n) is 2.65. The molecule has 0 aliphatic rings. The quantitative estimate of drug-likeness (QED) is 0.397. The van der Waals surface area contributed by atoms with E-state index < -0.39 is 0 Å². The Labute approximate surface area is 95.5 Å². The van der Waals surface area contributed by atoms with Gasteiger partial charge < -0.3 is 9.61 Å². The fourth-order valence-corrected chi connectivity index (χ4v) is 2.57. The number of rotatable bonds is 1. The maximum absolute atomic E-state index is 8.80. The van der Waals surface area contributed by atoms with Crippen molar-refractivity contribution in [2.75, 3.05) is 0 Å². The first-order valence-electron chi connectivity index (χ1n) is 4.83. The monoisotopic (exact) mass is 231 g/mol. The Balaban J connectivity index is 2.43. The van der Waals surface area contributed by atoms with E-state index in [1.165, 1.54) is 0 Å². The summed E-state index contributed by atoms with van der Waals surface area (Å²) in [5.74, 6) is 0. The third kappa shape index (κ3) is 1.15. The number of thiophene rings is 1. The lowest BCUT2D eigenvalue weighted by Crippen LogP contribution is -1.94.